The van der Waals surface area contributed by atoms with Crippen LogP contribution in [0.2, 0.25) is 0 Å². The lowest BCUT2D eigenvalue weighted by Gasteiger charge is -2.32. The number of hydrogen-bond acceptors (Lipinski definition) is 9. The van der Waals surface area contributed by atoms with Gasteiger partial charge >= 0.3 is 0 Å². The molecule has 0 N–H and O–H groups in total. The van der Waals surface area contributed by atoms with Crippen LogP contribution in [0.4, 0.5) is 0 Å². The van der Waals surface area contributed by atoms with Crippen LogP contribution >= 0.6 is 11.3 Å². The Morgan fingerprint density at radius 1 is 1.03 bits per heavy atom. The van der Waals surface area contributed by atoms with Crippen LogP contribution in [0.15, 0.2) is 61.0 Å². The molecular formula is C21H21N5O4S2. The molecule has 0 radical (unpaired) electrons. The van der Waals surface area contributed by atoms with Gasteiger partial charge in [0.15, 0.2) is 0 Å². The van der Waals surface area contributed by atoms with Crippen molar-refractivity contribution in [1.29, 1.82) is 0 Å². The Labute approximate surface area is 189 Å². The zero-order valence-corrected chi connectivity index (χ0v) is 19.0. The van der Waals surface area contributed by atoms with Crippen molar-refractivity contribution in [3.8, 4) is 22.7 Å². The van der Waals surface area contributed by atoms with Crippen molar-refractivity contribution in [2.24, 2.45) is 0 Å². The zero-order valence-electron chi connectivity index (χ0n) is 17.3. The molecule has 32 heavy (non-hydrogen) atoms. The zero-order chi connectivity index (χ0) is 22.1. The van der Waals surface area contributed by atoms with Crippen molar-refractivity contribution in [1.82, 2.24) is 24.6 Å². The molecule has 5 rings (SSSR count). The fourth-order valence-electron chi connectivity index (χ4n) is 3.69. The molecular weight excluding hydrogens is 450 g/mol. The first-order valence-corrected chi connectivity index (χ1v) is 12.4. The molecule has 4 heterocycles. The van der Waals surface area contributed by atoms with Gasteiger partial charge in [0.05, 0.1) is 6.54 Å². The van der Waals surface area contributed by atoms with Gasteiger partial charge < -0.3 is 8.94 Å². The van der Waals surface area contributed by atoms with Gasteiger partial charge in [0.2, 0.25) is 5.89 Å². The Morgan fingerprint density at radius 2 is 1.81 bits per heavy atom. The second-order valence-corrected chi connectivity index (χ2v) is 10.6. The van der Waals surface area contributed by atoms with Crippen molar-refractivity contribution in [2.45, 2.75) is 17.7 Å². The predicted octanol–water partition coefficient (Wildman–Crippen LogP) is 3.27. The number of piperazine rings is 1. The molecule has 0 atom stereocenters. The molecule has 1 aliphatic rings. The molecule has 1 saturated heterocycles. The number of nitrogens with zero attached hydrogens (tertiary/aromatic N) is 5. The van der Waals surface area contributed by atoms with Gasteiger partial charge in [-0.05, 0) is 18.4 Å². The largest absolute Gasteiger partial charge is 0.419 e. The van der Waals surface area contributed by atoms with Gasteiger partial charge in [-0.3, -0.25) is 4.90 Å². The topological polar surface area (TPSA) is 106 Å². The molecule has 0 aliphatic carbocycles. The number of sulfonamides is 1. The van der Waals surface area contributed by atoms with Gasteiger partial charge in [-0.15, -0.1) is 21.5 Å². The van der Waals surface area contributed by atoms with E-state index < -0.39 is 10.0 Å². The minimum absolute atomic E-state index is 0.358. The highest BCUT2D eigenvalue weighted by molar-refractivity contribution is 7.91. The third-order valence-corrected chi connectivity index (χ3v) is 8.64. The molecule has 1 fully saturated rings. The van der Waals surface area contributed by atoms with Crippen LogP contribution in [-0.4, -0.2) is 59.2 Å². The molecule has 0 bridgehead atoms. The molecule has 0 amide bonds. The summed E-state index contributed by atoms with van der Waals surface area (Å²) in [6.07, 6.45) is 0. The lowest BCUT2D eigenvalue weighted by Crippen LogP contribution is -2.48. The second kappa shape index (κ2) is 8.58. The summed E-state index contributed by atoms with van der Waals surface area (Å²) in [7, 11) is -3.42. The van der Waals surface area contributed by atoms with Crippen LogP contribution in [0.5, 0.6) is 0 Å². The van der Waals surface area contributed by atoms with Crippen molar-refractivity contribution < 1.29 is 17.4 Å². The van der Waals surface area contributed by atoms with E-state index in [2.05, 4.69) is 20.3 Å². The summed E-state index contributed by atoms with van der Waals surface area (Å²) >= 11 is 1.24. The molecule has 1 aliphatic heterocycles. The Kier molecular flexibility index (Phi) is 5.64. The van der Waals surface area contributed by atoms with Crippen LogP contribution in [0, 0.1) is 6.92 Å². The van der Waals surface area contributed by atoms with E-state index in [9.17, 15) is 8.42 Å². The minimum Gasteiger partial charge on any atom is -0.419 e. The maximum Gasteiger partial charge on any atom is 0.253 e. The summed E-state index contributed by atoms with van der Waals surface area (Å²) in [4.78, 5) is 2.11. The number of aromatic nitrogens is 3. The highest BCUT2D eigenvalue weighted by Crippen LogP contribution is 2.33. The SMILES string of the molecule is Cc1onc(-c2ccccc2)c1-c1nnc(CN2CCN(S(=O)(=O)c3cccs3)CC2)o1. The fraction of sp³-hybridized carbons (Fsp3) is 0.286. The van der Waals surface area contributed by atoms with Crippen molar-refractivity contribution in [2.75, 3.05) is 26.2 Å². The molecule has 1 aromatic carbocycles. The van der Waals surface area contributed by atoms with E-state index in [0.29, 0.717) is 65.7 Å². The smallest absolute Gasteiger partial charge is 0.253 e. The summed E-state index contributed by atoms with van der Waals surface area (Å²) in [6.45, 7) is 4.28. The number of hydrogen-bond donors (Lipinski definition) is 0. The molecule has 0 unspecified atom stereocenters. The maximum absolute atomic E-state index is 12.7. The van der Waals surface area contributed by atoms with Crippen LogP contribution in [0.1, 0.15) is 11.7 Å². The Morgan fingerprint density at radius 3 is 2.53 bits per heavy atom. The minimum atomic E-state index is -3.42. The van der Waals surface area contributed by atoms with Gasteiger partial charge in [0, 0.05) is 31.7 Å². The third kappa shape index (κ3) is 3.99. The molecule has 9 nitrogen and oxygen atoms in total. The molecule has 4 aromatic rings. The summed E-state index contributed by atoms with van der Waals surface area (Å²) in [5.74, 6) is 1.43. The molecule has 0 saturated carbocycles. The van der Waals surface area contributed by atoms with E-state index in [-0.39, 0.29) is 0 Å². The van der Waals surface area contributed by atoms with E-state index >= 15 is 0 Å². The number of rotatable bonds is 6. The summed E-state index contributed by atoms with van der Waals surface area (Å²) in [6, 6.07) is 13.1. The van der Waals surface area contributed by atoms with E-state index in [1.54, 1.807) is 17.5 Å². The molecule has 3 aromatic heterocycles. The Balaban J connectivity index is 1.27. The van der Waals surface area contributed by atoms with E-state index in [4.69, 9.17) is 8.94 Å². The van der Waals surface area contributed by atoms with Crippen molar-refractivity contribution >= 4 is 21.4 Å². The quantitative estimate of drug-likeness (QED) is 0.422. The second-order valence-electron chi connectivity index (χ2n) is 7.44. The van der Waals surface area contributed by atoms with Gasteiger partial charge in [-0.2, -0.15) is 4.31 Å². The number of aryl methyl sites for hydroxylation is 1. The van der Waals surface area contributed by atoms with Gasteiger partial charge in [0.1, 0.15) is 21.2 Å². The first kappa shape index (κ1) is 21.0. The molecule has 166 valence electrons. The summed E-state index contributed by atoms with van der Waals surface area (Å²) in [5, 5.41) is 14.3. The van der Waals surface area contributed by atoms with Gasteiger partial charge in [-0.25, -0.2) is 8.42 Å². The van der Waals surface area contributed by atoms with Crippen molar-refractivity contribution in [3.63, 3.8) is 0 Å². The third-order valence-electron chi connectivity index (χ3n) is 5.37. The average Bonchev–Trinajstić information content (AvgIpc) is 3.56. The average molecular weight is 472 g/mol. The van der Waals surface area contributed by atoms with E-state index in [1.165, 1.54) is 15.6 Å². The predicted molar refractivity (Wildman–Crippen MR) is 118 cm³/mol. The van der Waals surface area contributed by atoms with E-state index in [0.717, 1.165) is 5.56 Å². The highest BCUT2D eigenvalue weighted by atomic mass is 32.2. The van der Waals surface area contributed by atoms with Gasteiger partial charge in [0.25, 0.3) is 15.9 Å². The normalized spacial score (nSPS) is 15.9. The van der Waals surface area contributed by atoms with Gasteiger partial charge in [-0.1, -0.05) is 41.6 Å². The monoisotopic (exact) mass is 471 g/mol. The first-order valence-electron chi connectivity index (χ1n) is 10.1. The van der Waals surface area contributed by atoms with Crippen LogP contribution < -0.4 is 0 Å². The fourth-order valence-corrected chi connectivity index (χ4v) is 6.26. The molecule has 11 heteroatoms. The van der Waals surface area contributed by atoms with E-state index in [1.807, 2.05) is 37.3 Å². The van der Waals surface area contributed by atoms with Crippen LogP contribution in [0.3, 0.4) is 0 Å². The number of benzene rings is 1. The Hall–Kier alpha value is -2.86. The molecule has 0 spiro atoms. The summed E-state index contributed by atoms with van der Waals surface area (Å²) in [5.41, 5.74) is 2.25. The first-order chi connectivity index (χ1) is 15.5. The van der Waals surface area contributed by atoms with Crippen molar-refractivity contribution in [3.05, 3.63) is 59.5 Å². The Bertz CT molecular complexity index is 1290. The standard InChI is InChI=1S/C21H21N5O4S2/c1-15-19(20(24-30-15)16-6-3-2-4-7-16)21-23-22-17(29-21)14-25-9-11-26(12-10-25)32(27,28)18-8-5-13-31-18/h2-8,13H,9-12,14H2,1H3. The van der Waals surface area contributed by atoms with Crippen LogP contribution in [-0.2, 0) is 16.6 Å². The summed E-state index contributed by atoms with van der Waals surface area (Å²) < 4.78 is 38.6. The maximum atomic E-state index is 12.7. The number of thiophene rings is 1. The lowest BCUT2D eigenvalue weighted by molar-refractivity contribution is 0.169. The lowest BCUT2D eigenvalue weighted by atomic mass is 10.1. The van der Waals surface area contributed by atoms with Crippen LogP contribution in [0.25, 0.3) is 22.7 Å². The highest BCUT2D eigenvalue weighted by Gasteiger charge is 2.30.